The minimum Gasteiger partial charge on any atom is -0.337 e. The molecule has 0 unspecified atom stereocenters. The molecule has 24 heavy (non-hydrogen) atoms. The van der Waals surface area contributed by atoms with Gasteiger partial charge in [-0.05, 0) is 31.7 Å². The number of guanidine groups is 1. The second kappa shape index (κ2) is 5.36. The first kappa shape index (κ1) is 14.1. The molecule has 0 saturated heterocycles. The van der Waals surface area contributed by atoms with Crippen LogP contribution in [0, 0.1) is 0 Å². The van der Waals surface area contributed by atoms with Crippen molar-refractivity contribution in [2.45, 2.75) is 51.4 Å². The number of fused-ring (bicyclic) bond motifs is 5. The number of aliphatic imine (C=N–C) groups is 1. The first-order valence-corrected chi connectivity index (χ1v) is 9.05. The predicted molar refractivity (Wildman–Crippen MR) is 95.2 cm³/mol. The van der Waals surface area contributed by atoms with Crippen molar-refractivity contribution in [3.8, 4) is 0 Å². The lowest BCUT2D eigenvalue weighted by Gasteiger charge is -2.37. The third-order valence-electron chi connectivity index (χ3n) is 5.63. The van der Waals surface area contributed by atoms with Gasteiger partial charge in [-0.15, -0.1) is 0 Å². The number of nitrogens with zero attached hydrogens (tertiary/aromatic N) is 5. The molecule has 2 aromatic rings. The van der Waals surface area contributed by atoms with E-state index in [1.807, 2.05) is 6.33 Å². The average Bonchev–Trinajstić information content (AvgIpc) is 3.29. The lowest BCUT2D eigenvalue weighted by Crippen LogP contribution is -2.50. The largest absolute Gasteiger partial charge is 0.337 e. The van der Waals surface area contributed by atoms with Crippen LogP contribution in [0.15, 0.2) is 41.7 Å². The van der Waals surface area contributed by atoms with Crippen LogP contribution in [-0.4, -0.2) is 39.0 Å². The average molecular weight is 321 g/mol. The molecular formula is C19H23N5. The summed E-state index contributed by atoms with van der Waals surface area (Å²) in [5.41, 5.74) is 2.65. The van der Waals surface area contributed by atoms with Crippen LogP contribution in [0.25, 0.3) is 0 Å². The summed E-state index contributed by atoms with van der Waals surface area (Å²) in [7, 11) is 0. The van der Waals surface area contributed by atoms with Crippen molar-refractivity contribution < 1.29 is 0 Å². The summed E-state index contributed by atoms with van der Waals surface area (Å²) < 4.78 is 2.31. The van der Waals surface area contributed by atoms with Gasteiger partial charge in [0, 0.05) is 13.1 Å². The van der Waals surface area contributed by atoms with Gasteiger partial charge in [-0.25, -0.2) is 9.98 Å². The van der Waals surface area contributed by atoms with Crippen molar-refractivity contribution in [3.63, 3.8) is 0 Å². The quantitative estimate of drug-likeness (QED) is 0.872. The van der Waals surface area contributed by atoms with Crippen LogP contribution in [0.4, 0.5) is 5.82 Å². The van der Waals surface area contributed by atoms with E-state index in [2.05, 4.69) is 51.6 Å². The maximum atomic E-state index is 5.04. The van der Waals surface area contributed by atoms with E-state index >= 15 is 0 Å². The van der Waals surface area contributed by atoms with Crippen LogP contribution in [0.1, 0.15) is 37.4 Å². The number of aromatic nitrogens is 2. The van der Waals surface area contributed by atoms with Crippen LogP contribution < -0.4 is 4.90 Å². The number of anilines is 1. The number of imidazole rings is 1. The standard InChI is InChI=1S/C19H23N5/c1-2-22-12-17-18(24-16-10-6-9-15(16)21-19(22)24)20-13-23(17)11-14-7-4-3-5-8-14/h3-5,7-8,13,15-16H,2,6,9-12H2,1H3/t15-,16+/m1/s1. The second-order valence-electron chi connectivity index (χ2n) is 7.01. The third-order valence-corrected chi connectivity index (χ3v) is 5.63. The summed E-state index contributed by atoms with van der Waals surface area (Å²) in [6.07, 6.45) is 5.76. The van der Waals surface area contributed by atoms with Crippen LogP contribution in [0.3, 0.4) is 0 Å². The smallest absolute Gasteiger partial charge is 0.203 e. The normalized spacial score (nSPS) is 24.6. The molecule has 3 heterocycles. The van der Waals surface area contributed by atoms with Crippen molar-refractivity contribution in [1.29, 1.82) is 0 Å². The van der Waals surface area contributed by atoms with E-state index in [4.69, 9.17) is 9.98 Å². The molecule has 0 spiro atoms. The highest BCUT2D eigenvalue weighted by molar-refractivity contribution is 6.00. The summed E-state index contributed by atoms with van der Waals surface area (Å²) in [6.45, 7) is 5.00. The lowest BCUT2D eigenvalue weighted by atomic mass is 10.1. The Morgan fingerprint density at radius 2 is 2.04 bits per heavy atom. The minimum absolute atomic E-state index is 0.472. The number of benzene rings is 1. The molecule has 0 bridgehead atoms. The Hall–Kier alpha value is -2.30. The summed E-state index contributed by atoms with van der Waals surface area (Å²) in [5, 5.41) is 0. The molecule has 5 heteroatoms. The predicted octanol–water partition coefficient (Wildman–Crippen LogP) is 2.86. The molecule has 1 fully saturated rings. The molecule has 1 aliphatic carbocycles. The van der Waals surface area contributed by atoms with E-state index in [9.17, 15) is 0 Å². The monoisotopic (exact) mass is 321 g/mol. The zero-order valence-electron chi connectivity index (χ0n) is 14.1. The van der Waals surface area contributed by atoms with Gasteiger partial charge < -0.3 is 9.47 Å². The van der Waals surface area contributed by atoms with E-state index in [1.165, 1.54) is 30.5 Å². The maximum absolute atomic E-state index is 5.04. The van der Waals surface area contributed by atoms with E-state index < -0.39 is 0 Å². The van der Waals surface area contributed by atoms with Gasteiger partial charge in [0.15, 0.2) is 5.82 Å². The van der Waals surface area contributed by atoms with Crippen LogP contribution in [0.5, 0.6) is 0 Å². The molecule has 2 atom stereocenters. The number of rotatable bonds is 3. The van der Waals surface area contributed by atoms with E-state index in [0.29, 0.717) is 12.1 Å². The zero-order chi connectivity index (χ0) is 16.1. The molecule has 0 amide bonds. The Kier molecular flexibility index (Phi) is 3.15. The molecule has 124 valence electrons. The first-order valence-electron chi connectivity index (χ1n) is 9.05. The molecule has 2 aliphatic heterocycles. The number of hydrogen-bond donors (Lipinski definition) is 0. The fraction of sp³-hybridized carbons (Fsp3) is 0.474. The van der Waals surface area contributed by atoms with Gasteiger partial charge in [-0.3, -0.25) is 4.90 Å². The van der Waals surface area contributed by atoms with Gasteiger partial charge in [0.2, 0.25) is 5.96 Å². The molecule has 1 saturated carbocycles. The third kappa shape index (κ3) is 2.00. The van der Waals surface area contributed by atoms with Crippen LogP contribution >= 0.6 is 0 Å². The summed E-state index contributed by atoms with van der Waals surface area (Å²) >= 11 is 0. The van der Waals surface area contributed by atoms with Crippen molar-refractivity contribution in [2.75, 3.05) is 11.4 Å². The summed E-state index contributed by atoms with van der Waals surface area (Å²) in [6, 6.07) is 11.6. The van der Waals surface area contributed by atoms with Crippen LogP contribution in [0.2, 0.25) is 0 Å². The SMILES string of the molecule is CCN1Cc2c(ncn2Cc2ccccc2)N2C1=N[C@@H]1CCC[C@@H]12. The summed E-state index contributed by atoms with van der Waals surface area (Å²) in [5.74, 6) is 2.30. The molecule has 1 aromatic heterocycles. The fourth-order valence-corrected chi connectivity index (χ4v) is 4.40. The van der Waals surface area contributed by atoms with Gasteiger partial charge in [-0.2, -0.15) is 0 Å². The van der Waals surface area contributed by atoms with Gasteiger partial charge in [0.1, 0.15) is 0 Å². The molecule has 0 radical (unpaired) electrons. The fourth-order valence-electron chi connectivity index (χ4n) is 4.40. The minimum atomic E-state index is 0.472. The topological polar surface area (TPSA) is 36.7 Å². The van der Waals surface area contributed by atoms with Crippen molar-refractivity contribution in [3.05, 3.63) is 47.9 Å². The molecule has 3 aliphatic rings. The maximum Gasteiger partial charge on any atom is 0.203 e. The zero-order valence-corrected chi connectivity index (χ0v) is 14.1. The Bertz CT molecular complexity index is 778. The Balaban J connectivity index is 1.54. The van der Waals surface area contributed by atoms with Gasteiger partial charge in [-0.1, -0.05) is 30.3 Å². The van der Waals surface area contributed by atoms with E-state index in [1.54, 1.807) is 0 Å². The number of hydrogen-bond acceptors (Lipinski definition) is 4. The Morgan fingerprint density at radius 3 is 2.88 bits per heavy atom. The lowest BCUT2D eigenvalue weighted by molar-refractivity contribution is 0.402. The van der Waals surface area contributed by atoms with Gasteiger partial charge in [0.05, 0.1) is 30.6 Å². The molecule has 5 rings (SSSR count). The van der Waals surface area contributed by atoms with Gasteiger partial charge in [0.25, 0.3) is 0 Å². The first-order chi connectivity index (χ1) is 11.8. The highest BCUT2D eigenvalue weighted by Crippen LogP contribution is 2.40. The van der Waals surface area contributed by atoms with Crippen molar-refractivity contribution in [2.24, 2.45) is 4.99 Å². The van der Waals surface area contributed by atoms with Crippen LogP contribution in [-0.2, 0) is 13.1 Å². The highest BCUT2D eigenvalue weighted by Gasteiger charge is 2.46. The van der Waals surface area contributed by atoms with E-state index in [-0.39, 0.29) is 0 Å². The van der Waals surface area contributed by atoms with Crippen molar-refractivity contribution in [1.82, 2.24) is 14.5 Å². The molecule has 0 N–H and O–H groups in total. The second-order valence-corrected chi connectivity index (χ2v) is 7.01. The molecule has 1 aromatic carbocycles. The highest BCUT2D eigenvalue weighted by atomic mass is 15.5. The van der Waals surface area contributed by atoms with Crippen molar-refractivity contribution >= 4 is 11.8 Å². The Labute approximate surface area is 142 Å². The van der Waals surface area contributed by atoms with Gasteiger partial charge >= 0.3 is 0 Å². The molecular weight excluding hydrogens is 298 g/mol. The molecule has 5 nitrogen and oxygen atoms in total. The van der Waals surface area contributed by atoms with E-state index in [0.717, 1.165) is 31.4 Å². The Morgan fingerprint density at radius 1 is 1.17 bits per heavy atom. The summed E-state index contributed by atoms with van der Waals surface area (Å²) in [4.78, 5) is 14.7.